The van der Waals surface area contributed by atoms with Crippen molar-refractivity contribution in [1.82, 2.24) is 9.88 Å². The highest BCUT2D eigenvalue weighted by Gasteiger charge is 2.30. The van der Waals surface area contributed by atoms with Crippen LogP contribution >= 0.6 is 11.3 Å². The molecule has 0 radical (unpaired) electrons. The molecule has 1 aromatic heterocycles. The highest BCUT2D eigenvalue weighted by molar-refractivity contribution is 7.09. The Morgan fingerprint density at radius 1 is 1.22 bits per heavy atom. The summed E-state index contributed by atoms with van der Waals surface area (Å²) in [6, 6.07) is 10.9. The standard InChI is InChI=1S/C23H34N2OS/c1-4-19(5-2)14-25-12-11-23(26-16-22-17-27-18(3)24-22)21(15-25)13-20-9-7-6-8-10-20/h6-10,17,19,21,23H,4-5,11-16H2,1-3H3/t21-,23+/m1/s1. The Morgan fingerprint density at radius 3 is 2.67 bits per heavy atom. The fourth-order valence-electron chi connectivity index (χ4n) is 4.16. The Hall–Kier alpha value is -1.23. The summed E-state index contributed by atoms with van der Waals surface area (Å²) in [6.45, 7) is 10.9. The summed E-state index contributed by atoms with van der Waals surface area (Å²) in [5.74, 6) is 1.37. The molecule has 0 amide bonds. The first-order valence-electron chi connectivity index (χ1n) is 10.5. The summed E-state index contributed by atoms with van der Waals surface area (Å²) < 4.78 is 6.39. The monoisotopic (exact) mass is 386 g/mol. The van der Waals surface area contributed by atoms with Gasteiger partial charge in [0.25, 0.3) is 0 Å². The summed E-state index contributed by atoms with van der Waals surface area (Å²) in [5, 5.41) is 3.25. The molecule has 1 aromatic carbocycles. The third-order valence-electron chi connectivity index (χ3n) is 5.87. The lowest BCUT2D eigenvalue weighted by Gasteiger charge is -2.39. The van der Waals surface area contributed by atoms with Gasteiger partial charge in [-0.25, -0.2) is 4.98 Å². The predicted octanol–water partition coefficient (Wildman–Crippen LogP) is 5.34. The van der Waals surface area contributed by atoms with Crippen LogP contribution in [0.1, 0.15) is 49.4 Å². The van der Waals surface area contributed by atoms with E-state index in [0.29, 0.717) is 18.6 Å². The lowest BCUT2D eigenvalue weighted by Crippen LogP contribution is -2.46. The van der Waals surface area contributed by atoms with E-state index in [1.807, 2.05) is 0 Å². The summed E-state index contributed by atoms with van der Waals surface area (Å²) in [7, 11) is 0. The molecule has 1 aliphatic rings. The second-order valence-electron chi connectivity index (χ2n) is 7.89. The molecule has 3 rings (SSSR count). The first kappa shape index (κ1) is 20.5. The number of rotatable bonds is 9. The van der Waals surface area contributed by atoms with Gasteiger partial charge < -0.3 is 9.64 Å². The molecule has 148 valence electrons. The van der Waals surface area contributed by atoms with Gasteiger partial charge in [-0.05, 0) is 31.2 Å². The number of piperidine rings is 1. The highest BCUT2D eigenvalue weighted by atomic mass is 32.1. The fourth-order valence-corrected chi connectivity index (χ4v) is 4.76. The van der Waals surface area contributed by atoms with Gasteiger partial charge in [-0.15, -0.1) is 11.3 Å². The van der Waals surface area contributed by atoms with Crippen molar-refractivity contribution >= 4 is 11.3 Å². The van der Waals surface area contributed by atoms with E-state index < -0.39 is 0 Å². The number of hydrogen-bond acceptors (Lipinski definition) is 4. The summed E-state index contributed by atoms with van der Waals surface area (Å²) in [6.07, 6.45) is 5.10. The smallest absolute Gasteiger partial charge is 0.0900 e. The van der Waals surface area contributed by atoms with Crippen LogP contribution < -0.4 is 0 Å². The molecule has 0 saturated carbocycles. The number of hydrogen-bond donors (Lipinski definition) is 0. The number of nitrogens with zero attached hydrogens (tertiary/aromatic N) is 2. The Labute approximate surface area is 168 Å². The van der Waals surface area contributed by atoms with Crippen molar-refractivity contribution in [3.8, 4) is 0 Å². The molecule has 1 saturated heterocycles. The lowest BCUT2D eigenvalue weighted by molar-refractivity contribution is -0.0455. The SMILES string of the molecule is CCC(CC)CN1CC[C@H](OCc2csc(C)n2)[C@H](Cc2ccccc2)C1. The van der Waals surface area contributed by atoms with Crippen molar-refractivity contribution < 1.29 is 4.74 Å². The predicted molar refractivity (Wildman–Crippen MR) is 114 cm³/mol. The molecule has 0 aliphatic carbocycles. The Balaban J connectivity index is 1.63. The van der Waals surface area contributed by atoms with Gasteiger partial charge in [0.05, 0.1) is 23.4 Å². The molecule has 0 unspecified atom stereocenters. The molecule has 2 heterocycles. The van der Waals surface area contributed by atoms with Crippen LogP contribution in [-0.4, -0.2) is 35.6 Å². The van der Waals surface area contributed by atoms with Gasteiger partial charge in [-0.1, -0.05) is 57.0 Å². The zero-order valence-corrected chi connectivity index (χ0v) is 17.9. The third kappa shape index (κ3) is 6.13. The Morgan fingerprint density at radius 2 is 2.00 bits per heavy atom. The lowest BCUT2D eigenvalue weighted by atomic mass is 9.87. The minimum atomic E-state index is 0.324. The molecule has 1 aliphatic heterocycles. The van der Waals surface area contributed by atoms with Crippen molar-refractivity contribution in [2.75, 3.05) is 19.6 Å². The molecule has 0 bridgehead atoms. The van der Waals surface area contributed by atoms with Gasteiger partial charge in [0.2, 0.25) is 0 Å². The van der Waals surface area contributed by atoms with Crippen LogP contribution in [0.2, 0.25) is 0 Å². The topological polar surface area (TPSA) is 25.4 Å². The molecule has 27 heavy (non-hydrogen) atoms. The number of thiazole rings is 1. The molecule has 3 nitrogen and oxygen atoms in total. The van der Waals surface area contributed by atoms with Crippen molar-refractivity contribution in [2.24, 2.45) is 11.8 Å². The number of benzene rings is 1. The van der Waals surface area contributed by atoms with Gasteiger partial charge in [-0.3, -0.25) is 0 Å². The van der Waals surface area contributed by atoms with Gasteiger partial charge in [-0.2, -0.15) is 0 Å². The summed E-state index contributed by atoms with van der Waals surface area (Å²) in [4.78, 5) is 7.24. The van der Waals surface area contributed by atoms with Crippen LogP contribution in [0.4, 0.5) is 0 Å². The van der Waals surface area contributed by atoms with Gasteiger partial charge in [0, 0.05) is 30.9 Å². The number of ether oxygens (including phenoxy) is 1. The first-order chi connectivity index (χ1) is 13.2. The maximum Gasteiger partial charge on any atom is 0.0900 e. The van der Waals surface area contributed by atoms with E-state index in [-0.39, 0.29) is 0 Å². The first-order valence-corrected chi connectivity index (χ1v) is 11.3. The molecule has 0 spiro atoms. The summed E-state index contributed by atoms with van der Waals surface area (Å²) >= 11 is 1.71. The maximum absolute atomic E-state index is 6.39. The van der Waals surface area contributed by atoms with Gasteiger partial charge in [0.1, 0.15) is 0 Å². The number of aromatic nitrogens is 1. The molecular weight excluding hydrogens is 352 g/mol. The fraction of sp³-hybridized carbons (Fsp3) is 0.609. The van der Waals surface area contributed by atoms with Crippen molar-refractivity contribution in [1.29, 1.82) is 0 Å². The normalized spacial score (nSPS) is 21.0. The van der Waals surface area contributed by atoms with Crippen LogP contribution in [0, 0.1) is 18.8 Å². The van der Waals surface area contributed by atoms with E-state index in [2.05, 4.69) is 66.4 Å². The van der Waals surface area contributed by atoms with Crippen molar-refractivity contribution in [3.63, 3.8) is 0 Å². The summed E-state index contributed by atoms with van der Waals surface area (Å²) in [5.41, 5.74) is 2.50. The van der Waals surface area contributed by atoms with Crippen LogP contribution in [0.3, 0.4) is 0 Å². The van der Waals surface area contributed by atoms with Crippen molar-refractivity contribution in [3.05, 3.63) is 52.0 Å². The quantitative estimate of drug-likeness (QED) is 0.582. The minimum Gasteiger partial charge on any atom is -0.371 e. The molecule has 2 aromatic rings. The van der Waals surface area contributed by atoms with Crippen LogP contribution in [0.25, 0.3) is 0 Å². The van der Waals surface area contributed by atoms with Crippen LogP contribution in [0.15, 0.2) is 35.7 Å². The minimum absolute atomic E-state index is 0.324. The average Bonchev–Trinajstić information content (AvgIpc) is 3.11. The van der Waals surface area contributed by atoms with Gasteiger partial charge >= 0.3 is 0 Å². The zero-order chi connectivity index (χ0) is 19.1. The number of aryl methyl sites for hydroxylation is 1. The average molecular weight is 387 g/mol. The molecule has 1 fully saturated rings. The van der Waals surface area contributed by atoms with E-state index in [9.17, 15) is 0 Å². The zero-order valence-electron chi connectivity index (χ0n) is 17.1. The van der Waals surface area contributed by atoms with E-state index in [4.69, 9.17) is 4.74 Å². The van der Waals surface area contributed by atoms with E-state index >= 15 is 0 Å². The molecule has 2 atom stereocenters. The third-order valence-corrected chi connectivity index (χ3v) is 6.69. The highest BCUT2D eigenvalue weighted by Crippen LogP contribution is 2.26. The molecular formula is C23H34N2OS. The van der Waals surface area contributed by atoms with E-state index in [1.165, 1.54) is 24.9 Å². The van der Waals surface area contributed by atoms with E-state index in [0.717, 1.165) is 42.6 Å². The van der Waals surface area contributed by atoms with Crippen LogP contribution in [-0.2, 0) is 17.8 Å². The second-order valence-corrected chi connectivity index (χ2v) is 8.95. The Bertz CT molecular complexity index is 668. The number of likely N-dealkylation sites (tertiary alicyclic amines) is 1. The van der Waals surface area contributed by atoms with Gasteiger partial charge in [0.15, 0.2) is 0 Å². The largest absolute Gasteiger partial charge is 0.371 e. The maximum atomic E-state index is 6.39. The van der Waals surface area contributed by atoms with Crippen molar-refractivity contribution in [2.45, 2.75) is 59.2 Å². The molecule has 0 N–H and O–H groups in total. The van der Waals surface area contributed by atoms with Crippen LogP contribution in [0.5, 0.6) is 0 Å². The van der Waals surface area contributed by atoms with E-state index in [1.54, 1.807) is 11.3 Å². The molecule has 4 heteroatoms. The Kier molecular flexibility index (Phi) is 7.86. The second kappa shape index (κ2) is 10.4.